The van der Waals surface area contributed by atoms with Crippen molar-refractivity contribution in [1.82, 2.24) is 24.6 Å². The van der Waals surface area contributed by atoms with Gasteiger partial charge >= 0.3 is 0 Å². The lowest BCUT2D eigenvalue weighted by Gasteiger charge is -1.07. The molecule has 0 bridgehead atoms. The quantitative estimate of drug-likeness (QED) is 0.261. The van der Waals surface area contributed by atoms with E-state index in [0.29, 0.717) is 0 Å². The fourth-order valence-corrected chi connectivity index (χ4v) is 0. The van der Waals surface area contributed by atoms with E-state index in [2.05, 4.69) is 0 Å². The summed E-state index contributed by atoms with van der Waals surface area (Å²) >= 11 is 0. The summed E-state index contributed by atoms with van der Waals surface area (Å²) in [5.74, 6) is 0. The van der Waals surface area contributed by atoms with Gasteiger partial charge in [0.25, 0.3) is 0 Å². The van der Waals surface area contributed by atoms with Crippen molar-refractivity contribution in [2.75, 3.05) is 0 Å². The third-order valence-electron chi connectivity index (χ3n) is 0. The van der Waals surface area contributed by atoms with Crippen LogP contribution in [0.25, 0.3) is 0 Å². The zero-order chi connectivity index (χ0) is 2.00. The molecule has 0 spiro atoms. The molecule has 0 heterocycles. The van der Waals surface area contributed by atoms with Gasteiger partial charge < -0.3 is 43.4 Å². The van der Waals surface area contributed by atoms with E-state index in [0.717, 1.165) is 0 Å². The summed E-state index contributed by atoms with van der Waals surface area (Å²) in [6, 6.07) is 0. The Hall–Kier alpha value is -0.440. The average Bonchev–Trinajstić information content (AvgIpc) is 1.00. The Morgan fingerprint density at radius 2 is 0.400 bits per heavy atom. The molecule has 78 valence electrons. The predicted octanol–water partition coefficient (Wildman–Crippen LogP) is -9.45. The average molecular weight is 178 g/mol. The second-order valence-electron chi connectivity index (χ2n) is 0. The van der Waals surface area contributed by atoms with E-state index < -0.39 is 0 Å². The lowest BCUT2D eigenvalue weighted by Crippen LogP contribution is -3.00. The molecule has 0 saturated carbocycles. The topological polar surface area (TPSA) is 146 Å². The van der Waals surface area contributed by atoms with Gasteiger partial charge in [0.15, 0.2) is 0 Å². The molecule has 0 atom stereocenters. The Labute approximate surface area is 58.6 Å². The van der Waals surface area contributed by atoms with Crippen molar-refractivity contribution >= 4 is 0 Å². The number of rotatable bonds is 0. The van der Waals surface area contributed by atoms with Crippen LogP contribution < -0.4 is 43.4 Å². The maximum absolute atomic E-state index is 2.00. The van der Waals surface area contributed by atoms with Gasteiger partial charge in [0.05, 0.1) is 0 Å². The molecule has 8 heteroatoms. The summed E-state index contributed by atoms with van der Waals surface area (Å²) in [5, 5.41) is 0. The van der Waals surface area contributed by atoms with Crippen LogP contribution in [0.5, 0.6) is 0 Å². The molecule has 0 fully saturated rings. The number of hydrogen-bond acceptors (Lipinski definition) is 0. The lowest BCUT2D eigenvalue weighted by molar-refractivity contribution is -0.00100. The molecule has 0 aromatic carbocycles. The van der Waals surface area contributed by atoms with E-state index in [9.17, 15) is 0 Å². The zero-order valence-corrected chi connectivity index (χ0v) is 7.51. The molecule has 0 rings (SSSR count). The zero-order valence-electron chi connectivity index (χ0n) is 7.51. The van der Waals surface area contributed by atoms with Crippen LogP contribution in [0.15, 0.2) is 0 Å². The predicted molar refractivity (Wildman–Crippen MR) is 35.3 cm³/mol. The van der Waals surface area contributed by atoms with Crippen molar-refractivity contribution in [2.24, 2.45) is 0 Å². The summed E-state index contributed by atoms with van der Waals surface area (Å²) in [7, 11) is 0. The smallest absolute Gasteiger partial charge is 0.0683 e. The fourth-order valence-electron chi connectivity index (χ4n) is 0. The van der Waals surface area contributed by atoms with Crippen LogP contribution in [-0.4, -0.2) is 0 Å². The Bertz CT molecular complexity index is 15.2. The molecule has 0 saturated heterocycles. The number of quaternary nitrogens is 4. The molecule has 0 aliphatic heterocycles. The molecule has 4 nitrogen and oxygen atoms in total. The van der Waals surface area contributed by atoms with Crippen LogP contribution in [-0.2, 0) is 0 Å². The van der Waals surface area contributed by atoms with Gasteiger partial charge in [0.1, 0.15) is 0 Å². The maximum atomic E-state index is 2.00. The van der Waals surface area contributed by atoms with E-state index in [4.69, 9.17) is 0 Å². The minimum Gasteiger partial charge on any atom is -1.00 e. The molecule has 0 unspecified atom stereocenters. The van der Waals surface area contributed by atoms with Crippen LogP contribution in [0.4, 0.5) is 0 Å². The summed E-state index contributed by atoms with van der Waals surface area (Å²) in [5.41, 5.74) is 0. The molecule has 0 amide bonds. The van der Waals surface area contributed by atoms with Crippen molar-refractivity contribution < 1.29 is 18.8 Å². The Morgan fingerprint density at radius 3 is 0.400 bits per heavy atom. The van der Waals surface area contributed by atoms with Gasteiger partial charge in [0, 0.05) is 0 Å². The van der Waals surface area contributed by atoms with Gasteiger partial charge in [0.2, 0.25) is 0 Å². The minimum absolute atomic E-state index is 0. The van der Waals surface area contributed by atoms with Crippen LogP contribution >= 0.6 is 0 Å². The second kappa shape index (κ2) is 2530. The van der Waals surface area contributed by atoms with E-state index in [1.807, 2.05) is 13.8 Å². The van der Waals surface area contributed by atoms with Gasteiger partial charge in [-0.15, -0.1) is 0 Å². The number of hydrogen-bond donors (Lipinski definition) is 4. The van der Waals surface area contributed by atoms with Crippen LogP contribution in [0.1, 0.15) is 13.8 Å². The van der Waals surface area contributed by atoms with Crippen LogP contribution in [0.3, 0.4) is 0 Å². The standard InChI is InChI=1S/C2H6.4FH.4H3N/c1-2;;;;;;;;/h1-2H3;4*1H;4*1H3. The van der Waals surface area contributed by atoms with Gasteiger partial charge in [-0.3, -0.25) is 0 Å². The van der Waals surface area contributed by atoms with Crippen molar-refractivity contribution in [3.63, 3.8) is 0 Å². The largest absolute Gasteiger partial charge is 1.00 e. The summed E-state index contributed by atoms with van der Waals surface area (Å²) in [6.07, 6.45) is 0. The Balaban J connectivity index is -0.000000000179. The molecule has 0 aromatic rings. The first-order chi connectivity index (χ1) is 1.00. The fraction of sp³-hybridized carbons (Fsp3) is 1.00. The van der Waals surface area contributed by atoms with Crippen molar-refractivity contribution in [3.05, 3.63) is 0 Å². The Kier molecular flexibility index (Phi) is 564000. The van der Waals surface area contributed by atoms with Crippen molar-refractivity contribution in [1.29, 1.82) is 0 Å². The molecule has 0 aromatic heterocycles. The minimum atomic E-state index is 0. The first kappa shape index (κ1) is 2230. The van der Waals surface area contributed by atoms with Gasteiger partial charge in [-0.2, -0.15) is 0 Å². The summed E-state index contributed by atoms with van der Waals surface area (Å²) in [4.78, 5) is 0. The second-order valence-corrected chi connectivity index (χ2v) is 0. The molecule has 0 aliphatic rings. The maximum Gasteiger partial charge on any atom is -0.0683 e. The summed E-state index contributed by atoms with van der Waals surface area (Å²) in [6.45, 7) is 4.00. The third kappa shape index (κ3) is 1680. The highest BCUT2D eigenvalue weighted by Gasteiger charge is 0.932. The summed E-state index contributed by atoms with van der Waals surface area (Å²) < 4.78 is 0. The van der Waals surface area contributed by atoms with Gasteiger partial charge in [-0.1, -0.05) is 13.8 Å². The SMILES string of the molecule is CC.[F-].[F-].[F-].[F-].[NH4+].[NH4+].[NH4+].[NH4+]. The van der Waals surface area contributed by atoms with E-state index in [-0.39, 0.29) is 43.4 Å². The molecule has 0 radical (unpaired) electrons. The Morgan fingerprint density at radius 1 is 0.400 bits per heavy atom. The van der Waals surface area contributed by atoms with Crippen LogP contribution in [0.2, 0.25) is 0 Å². The van der Waals surface area contributed by atoms with Crippen LogP contribution in [0, 0.1) is 0 Å². The van der Waals surface area contributed by atoms with Gasteiger partial charge in [-0.25, -0.2) is 0 Å². The van der Waals surface area contributed by atoms with E-state index in [1.54, 1.807) is 0 Å². The highest BCUT2D eigenvalue weighted by molar-refractivity contribution is 3.50. The van der Waals surface area contributed by atoms with Crippen molar-refractivity contribution in [2.45, 2.75) is 13.8 Å². The first-order valence-corrected chi connectivity index (χ1v) is 1.00. The lowest BCUT2D eigenvalue weighted by atomic mass is 11.0. The molecular formula is C2H22F4N4. The number of halogens is 4. The molecule has 10 heavy (non-hydrogen) atoms. The molecule has 16 N–H and O–H groups in total. The monoisotopic (exact) mass is 178 g/mol. The van der Waals surface area contributed by atoms with Crippen molar-refractivity contribution in [3.8, 4) is 0 Å². The highest BCUT2D eigenvalue weighted by atomic mass is 19.0. The highest BCUT2D eigenvalue weighted by Crippen LogP contribution is 1.14. The normalized spacial score (nSPS) is 0.600. The third-order valence-corrected chi connectivity index (χ3v) is 0. The molecular weight excluding hydrogens is 156 g/mol. The molecule has 0 aliphatic carbocycles. The van der Waals surface area contributed by atoms with E-state index >= 15 is 0 Å². The van der Waals surface area contributed by atoms with E-state index in [1.165, 1.54) is 0 Å². The first-order valence-electron chi connectivity index (χ1n) is 1.00. The van der Waals surface area contributed by atoms with Gasteiger partial charge in [-0.05, 0) is 0 Å².